The van der Waals surface area contributed by atoms with Crippen molar-refractivity contribution in [2.75, 3.05) is 26.7 Å². The van der Waals surface area contributed by atoms with Gasteiger partial charge in [0.1, 0.15) is 5.75 Å². The minimum atomic E-state index is -3.44. The van der Waals surface area contributed by atoms with Gasteiger partial charge in [0.2, 0.25) is 10.0 Å². The van der Waals surface area contributed by atoms with Gasteiger partial charge < -0.3 is 4.74 Å². The molecule has 2 aromatic rings. The zero-order valence-electron chi connectivity index (χ0n) is 18.4. The molecule has 5 nitrogen and oxygen atoms in total. The van der Waals surface area contributed by atoms with E-state index in [4.69, 9.17) is 16.3 Å². The van der Waals surface area contributed by atoms with Crippen molar-refractivity contribution in [2.24, 2.45) is 5.92 Å². The molecule has 2 fully saturated rings. The smallest absolute Gasteiger partial charge is 0.243 e. The molecule has 2 heterocycles. The Hall–Kier alpha value is -1.12. The number of sulfonamides is 1. The molecule has 170 valence electrons. The van der Waals surface area contributed by atoms with E-state index >= 15 is 0 Å². The van der Waals surface area contributed by atoms with Gasteiger partial charge in [-0.05, 0) is 82.3 Å². The molecule has 2 aliphatic rings. The molecule has 0 radical (unpaired) electrons. The van der Waals surface area contributed by atoms with E-state index in [1.54, 1.807) is 13.1 Å². The third-order valence-corrected chi connectivity index (χ3v) is 9.71. The summed E-state index contributed by atoms with van der Waals surface area (Å²) in [7, 11) is -1.76. The fourth-order valence-electron chi connectivity index (χ4n) is 4.52. The summed E-state index contributed by atoms with van der Waals surface area (Å²) in [6.07, 6.45) is 4.37. The van der Waals surface area contributed by atoms with Gasteiger partial charge in [0.15, 0.2) is 0 Å². The number of halogens is 1. The van der Waals surface area contributed by atoms with Crippen LogP contribution in [-0.4, -0.2) is 50.4 Å². The summed E-state index contributed by atoms with van der Waals surface area (Å²) in [4.78, 5) is 4.74. The number of nitrogens with zero attached hydrogens (tertiary/aromatic N) is 2. The van der Waals surface area contributed by atoms with Crippen molar-refractivity contribution in [3.05, 3.63) is 44.6 Å². The zero-order valence-corrected chi connectivity index (χ0v) is 20.8. The van der Waals surface area contributed by atoms with Crippen LogP contribution in [0.3, 0.4) is 0 Å². The maximum absolute atomic E-state index is 12.9. The van der Waals surface area contributed by atoms with Crippen molar-refractivity contribution in [1.82, 2.24) is 9.21 Å². The second-order valence-corrected chi connectivity index (χ2v) is 12.8. The Kier molecular flexibility index (Phi) is 6.99. The van der Waals surface area contributed by atoms with Crippen LogP contribution in [0.5, 0.6) is 5.75 Å². The van der Waals surface area contributed by atoms with E-state index in [-0.39, 0.29) is 6.10 Å². The average molecular weight is 483 g/mol. The predicted molar refractivity (Wildman–Crippen MR) is 127 cm³/mol. The lowest BCUT2D eigenvalue weighted by atomic mass is 9.82. The van der Waals surface area contributed by atoms with Crippen molar-refractivity contribution >= 4 is 33.0 Å². The molecule has 0 atom stereocenters. The van der Waals surface area contributed by atoms with Crippen molar-refractivity contribution in [1.29, 1.82) is 0 Å². The van der Waals surface area contributed by atoms with Gasteiger partial charge in [-0.15, -0.1) is 11.3 Å². The van der Waals surface area contributed by atoms with Gasteiger partial charge in [-0.3, -0.25) is 4.90 Å². The van der Waals surface area contributed by atoms with E-state index in [1.165, 1.54) is 28.5 Å². The summed E-state index contributed by atoms with van der Waals surface area (Å²) in [6, 6.07) is 7.76. The molecule has 0 bridgehead atoms. The lowest BCUT2D eigenvalue weighted by Crippen LogP contribution is -2.41. The standard InChI is InChI=1S/C23H31ClN2O3S2/c1-16-10-23(17(2)30-16)31(27,28)25(3)14-18-11-21(12-18)29-20-7-6-19(22(24)13-20)15-26-8-4-5-9-26/h6-7,10,13,18,21H,4-5,8-9,11-12,14-15H2,1-3H3. The number of aryl methyl sites for hydroxylation is 2. The molecule has 1 aliphatic carbocycles. The van der Waals surface area contributed by atoms with Crippen molar-refractivity contribution in [3.8, 4) is 5.75 Å². The number of hydrogen-bond donors (Lipinski definition) is 0. The van der Waals surface area contributed by atoms with Gasteiger partial charge in [0, 0.05) is 34.9 Å². The molecule has 1 saturated carbocycles. The predicted octanol–water partition coefficient (Wildman–Crippen LogP) is 5.09. The third kappa shape index (κ3) is 5.28. The fourth-order valence-corrected chi connectivity index (χ4v) is 7.51. The molecular formula is C23H31ClN2O3S2. The van der Waals surface area contributed by atoms with Crippen LogP contribution in [0, 0.1) is 19.8 Å². The molecule has 1 aromatic carbocycles. The van der Waals surface area contributed by atoms with E-state index in [9.17, 15) is 8.42 Å². The summed E-state index contributed by atoms with van der Waals surface area (Å²) in [5.74, 6) is 1.11. The number of thiophene rings is 1. The molecule has 31 heavy (non-hydrogen) atoms. The topological polar surface area (TPSA) is 49.9 Å². The first-order valence-corrected chi connectivity index (χ1v) is 13.6. The number of rotatable bonds is 8. The van der Waals surface area contributed by atoms with Crippen molar-refractivity contribution < 1.29 is 13.2 Å². The Morgan fingerprint density at radius 1 is 1.19 bits per heavy atom. The first kappa shape index (κ1) is 23.1. The largest absolute Gasteiger partial charge is 0.490 e. The second-order valence-electron chi connectivity index (χ2n) is 8.88. The van der Waals surface area contributed by atoms with Gasteiger partial charge >= 0.3 is 0 Å². The Balaban J connectivity index is 1.27. The molecule has 1 saturated heterocycles. The quantitative estimate of drug-likeness (QED) is 0.525. The lowest BCUT2D eigenvalue weighted by Gasteiger charge is -2.37. The molecule has 4 rings (SSSR count). The zero-order chi connectivity index (χ0) is 22.2. The number of ether oxygens (including phenoxy) is 1. The third-order valence-electron chi connectivity index (χ3n) is 6.31. The summed E-state index contributed by atoms with van der Waals surface area (Å²) < 4.78 is 33.4. The maximum atomic E-state index is 12.9. The van der Waals surface area contributed by atoms with Gasteiger partial charge in [0.05, 0.1) is 11.0 Å². The van der Waals surface area contributed by atoms with E-state index in [2.05, 4.69) is 11.0 Å². The molecule has 0 unspecified atom stereocenters. The van der Waals surface area contributed by atoms with Gasteiger partial charge in [-0.2, -0.15) is 0 Å². The monoisotopic (exact) mass is 482 g/mol. The number of benzene rings is 1. The minimum absolute atomic E-state index is 0.117. The Labute approximate surface area is 195 Å². The average Bonchev–Trinajstić information content (AvgIpc) is 3.31. The molecular weight excluding hydrogens is 452 g/mol. The van der Waals surface area contributed by atoms with Crippen LogP contribution in [0.25, 0.3) is 0 Å². The lowest BCUT2D eigenvalue weighted by molar-refractivity contribution is 0.0575. The molecule has 0 amide bonds. The molecule has 1 aromatic heterocycles. The molecule has 8 heteroatoms. The molecule has 0 spiro atoms. The fraction of sp³-hybridized carbons (Fsp3) is 0.565. The Morgan fingerprint density at radius 3 is 2.52 bits per heavy atom. The Bertz CT molecular complexity index is 1030. The van der Waals surface area contributed by atoms with Crippen LogP contribution in [0.1, 0.15) is 41.0 Å². The number of likely N-dealkylation sites (tertiary alicyclic amines) is 1. The van der Waals surface area contributed by atoms with Crippen LogP contribution < -0.4 is 4.74 Å². The summed E-state index contributed by atoms with van der Waals surface area (Å²) in [6.45, 7) is 7.52. The minimum Gasteiger partial charge on any atom is -0.490 e. The number of hydrogen-bond acceptors (Lipinski definition) is 5. The second kappa shape index (κ2) is 9.40. The highest BCUT2D eigenvalue weighted by molar-refractivity contribution is 7.89. The maximum Gasteiger partial charge on any atom is 0.243 e. The van der Waals surface area contributed by atoms with Crippen molar-refractivity contribution in [3.63, 3.8) is 0 Å². The van der Waals surface area contributed by atoms with Gasteiger partial charge in [-0.1, -0.05) is 17.7 Å². The first-order chi connectivity index (χ1) is 14.7. The Morgan fingerprint density at radius 2 is 1.90 bits per heavy atom. The van der Waals surface area contributed by atoms with E-state index in [0.29, 0.717) is 17.4 Å². The van der Waals surface area contributed by atoms with E-state index < -0.39 is 10.0 Å². The van der Waals surface area contributed by atoms with Crippen molar-refractivity contribution in [2.45, 2.75) is 57.1 Å². The van der Waals surface area contributed by atoms with Crippen LogP contribution in [-0.2, 0) is 16.6 Å². The van der Waals surface area contributed by atoms with Gasteiger partial charge in [-0.25, -0.2) is 12.7 Å². The van der Waals surface area contributed by atoms with Crippen LogP contribution >= 0.6 is 22.9 Å². The first-order valence-electron chi connectivity index (χ1n) is 10.9. The van der Waals surface area contributed by atoms with Crippen LogP contribution in [0.2, 0.25) is 5.02 Å². The van der Waals surface area contributed by atoms with E-state index in [0.717, 1.165) is 58.6 Å². The molecule has 1 aliphatic heterocycles. The summed E-state index contributed by atoms with van der Waals surface area (Å²) >= 11 is 8.02. The molecule has 0 N–H and O–H groups in total. The van der Waals surface area contributed by atoms with Crippen LogP contribution in [0.4, 0.5) is 0 Å². The summed E-state index contributed by atoms with van der Waals surface area (Å²) in [5, 5.41) is 0.757. The summed E-state index contributed by atoms with van der Waals surface area (Å²) in [5.41, 5.74) is 1.15. The van der Waals surface area contributed by atoms with E-state index in [1.807, 2.05) is 26.0 Å². The SMILES string of the molecule is Cc1cc(S(=O)(=O)N(C)CC2CC(Oc3ccc(CN4CCCC4)c(Cl)c3)C2)c(C)s1. The van der Waals surface area contributed by atoms with Gasteiger partial charge in [0.25, 0.3) is 0 Å². The van der Waals surface area contributed by atoms with Crippen LogP contribution in [0.15, 0.2) is 29.2 Å². The highest BCUT2D eigenvalue weighted by Gasteiger charge is 2.35. The normalized spacial score (nSPS) is 22.1. The highest BCUT2D eigenvalue weighted by atomic mass is 35.5. The highest BCUT2D eigenvalue weighted by Crippen LogP contribution is 2.35.